The molecule has 0 amide bonds. The van der Waals surface area contributed by atoms with E-state index in [4.69, 9.17) is 27.2 Å². The molecule has 1 rings (SSSR count). The highest BCUT2D eigenvalue weighted by molar-refractivity contribution is 7.80. The van der Waals surface area contributed by atoms with E-state index in [1.165, 1.54) is 38.5 Å². The maximum atomic E-state index is 9.87. The van der Waals surface area contributed by atoms with Gasteiger partial charge in [0.05, 0.1) is 16.1 Å². The van der Waals surface area contributed by atoms with Crippen LogP contribution in [0.15, 0.2) is 0 Å². The molecule has 1 aliphatic rings. The van der Waals surface area contributed by atoms with Gasteiger partial charge in [0.25, 0.3) is 0 Å². The largest absolute Gasteiger partial charge is 0.396 e. The summed E-state index contributed by atoms with van der Waals surface area (Å²) < 4.78 is 40.4. The first-order valence-electron chi connectivity index (χ1n) is 21.7. The monoisotopic (exact) mass is 859 g/mol. The van der Waals surface area contributed by atoms with Crippen molar-refractivity contribution in [2.24, 2.45) is 29.6 Å². The van der Waals surface area contributed by atoms with Crippen LogP contribution in [0.1, 0.15) is 119 Å². The van der Waals surface area contributed by atoms with Crippen molar-refractivity contribution < 1.29 is 42.5 Å². The van der Waals surface area contributed by atoms with Crippen LogP contribution in [-0.4, -0.2) is 118 Å². The Bertz CT molecular complexity index is 890. The molecular weight excluding hydrogens is 773 g/mol. The standard InChI is InChI=1S/C40H86O9S2Si3/c1-8-9-10-11-12-13-18-40(45-33-39(7)52-40)44-28-38(6)32-49-54(22-15-20-51,48-31-37(5)27-43)24-17-35(3)29-46-53(21-14-19-50,23-16-34(2)25-41)47-30-36(4)26-42/h34-39,41-43,50-51H,8-33,52H2,1-7H3. The fourth-order valence-corrected chi connectivity index (χ4v) is 17.4. The van der Waals surface area contributed by atoms with Crippen LogP contribution in [0.25, 0.3) is 0 Å². The van der Waals surface area contributed by atoms with Gasteiger partial charge in [0.1, 0.15) is 5.41 Å². The van der Waals surface area contributed by atoms with E-state index in [9.17, 15) is 15.3 Å². The zero-order valence-electron chi connectivity index (χ0n) is 35.7. The first-order chi connectivity index (χ1) is 25.8. The molecule has 14 heteroatoms. The Labute approximate surface area is 347 Å². The Kier molecular flexibility index (Phi) is 30.4. The zero-order chi connectivity index (χ0) is 40.3. The lowest BCUT2D eigenvalue weighted by atomic mass is 10.1. The van der Waals surface area contributed by atoms with E-state index in [-0.39, 0.29) is 54.8 Å². The van der Waals surface area contributed by atoms with Crippen LogP contribution in [0.4, 0.5) is 0 Å². The molecule has 0 aromatic carbocycles. The van der Waals surface area contributed by atoms with Gasteiger partial charge < -0.3 is 42.5 Å². The van der Waals surface area contributed by atoms with Crippen molar-refractivity contribution in [1.29, 1.82) is 0 Å². The summed E-state index contributed by atoms with van der Waals surface area (Å²) in [7, 11) is -5.84. The third kappa shape index (κ3) is 23.0. The van der Waals surface area contributed by atoms with E-state index >= 15 is 0 Å². The summed E-state index contributed by atoms with van der Waals surface area (Å²) in [4.78, 5) is 0. The molecule has 1 aliphatic heterocycles. The minimum atomic E-state index is -2.69. The van der Waals surface area contributed by atoms with E-state index in [1.807, 2.05) is 13.8 Å². The summed E-state index contributed by atoms with van der Waals surface area (Å²) >= 11 is 9.09. The Hall–Kier alpha value is 0.991. The molecule has 0 bridgehead atoms. The summed E-state index contributed by atoms with van der Waals surface area (Å²) in [5, 5.41) is 29.4. The summed E-state index contributed by atoms with van der Waals surface area (Å²) in [6.07, 6.45) is 12.2. The number of aliphatic hydroxyl groups excluding tert-OH is 3. The number of ether oxygens (including phenoxy) is 2. The molecule has 1 fully saturated rings. The van der Waals surface area contributed by atoms with Crippen molar-refractivity contribution in [3.8, 4) is 0 Å². The van der Waals surface area contributed by atoms with Crippen LogP contribution in [0.5, 0.6) is 0 Å². The maximum Gasteiger partial charge on any atom is 0.338 e. The van der Waals surface area contributed by atoms with Crippen molar-refractivity contribution in [1.82, 2.24) is 0 Å². The van der Waals surface area contributed by atoms with Crippen molar-refractivity contribution in [2.45, 2.75) is 154 Å². The number of hydrogen-bond acceptors (Lipinski definition) is 11. The van der Waals surface area contributed by atoms with Crippen LogP contribution in [0, 0.1) is 29.6 Å². The minimum absolute atomic E-state index is 0.0319. The molecule has 54 heavy (non-hydrogen) atoms. The molecule has 324 valence electrons. The predicted molar refractivity (Wildman–Crippen MR) is 238 cm³/mol. The van der Waals surface area contributed by atoms with Gasteiger partial charge in [-0.25, -0.2) is 0 Å². The summed E-state index contributed by atoms with van der Waals surface area (Å²) in [5.41, 5.74) is 0.296. The van der Waals surface area contributed by atoms with Gasteiger partial charge in [0.15, 0.2) is 0 Å². The van der Waals surface area contributed by atoms with E-state index < -0.39 is 26.6 Å². The lowest BCUT2D eigenvalue weighted by Crippen LogP contribution is -2.46. The van der Waals surface area contributed by atoms with E-state index in [2.05, 4.69) is 59.9 Å². The lowest BCUT2D eigenvalue weighted by molar-refractivity contribution is -0.179. The molecular formula is C40H86O9S2Si3. The molecule has 3 N–H and O–H groups in total. The van der Waals surface area contributed by atoms with Crippen molar-refractivity contribution >= 4 is 51.9 Å². The molecule has 9 atom stereocenters. The molecule has 9 nitrogen and oxygen atoms in total. The van der Waals surface area contributed by atoms with E-state index in [0.717, 1.165) is 74.4 Å². The van der Waals surface area contributed by atoms with Crippen LogP contribution in [-0.2, 0) is 27.2 Å². The van der Waals surface area contributed by atoms with Gasteiger partial charge in [-0.2, -0.15) is 25.3 Å². The van der Waals surface area contributed by atoms with Crippen molar-refractivity contribution in [2.75, 3.05) is 71.0 Å². The smallest absolute Gasteiger partial charge is 0.338 e. The Balaban J connectivity index is 3.03. The van der Waals surface area contributed by atoms with Gasteiger partial charge in [-0.15, -0.1) is 0 Å². The number of hydrogen-bond donors (Lipinski definition) is 5. The quantitative estimate of drug-likeness (QED) is 0.0241. The van der Waals surface area contributed by atoms with Gasteiger partial charge in [-0.1, -0.05) is 80.6 Å². The molecule has 0 aromatic rings. The molecule has 0 saturated carbocycles. The normalized spacial score (nSPS) is 23.2. The zero-order valence-corrected chi connectivity index (χ0v) is 40.9. The van der Waals surface area contributed by atoms with Gasteiger partial charge in [0, 0.05) is 70.6 Å². The Morgan fingerprint density at radius 2 is 1.09 bits per heavy atom. The number of unbranched alkanes of at least 4 members (excludes halogenated alkanes) is 5. The van der Waals surface area contributed by atoms with Gasteiger partial charge in [-0.3, -0.25) is 0 Å². The fraction of sp³-hybridized carbons (Fsp3) is 1.00. The second-order valence-corrected chi connectivity index (χ2v) is 27.8. The highest BCUT2D eigenvalue weighted by Crippen LogP contribution is 2.34. The summed E-state index contributed by atoms with van der Waals surface area (Å²) in [5.74, 6) is 2.22. The number of thiol groups is 2. The molecule has 1 heterocycles. The van der Waals surface area contributed by atoms with Crippen molar-refractivity contribution in [3.63, 3.8) is 0 Å². The first kappa shape index (κ1) is 53.0. The molecule has 0 spiro atoms. The molecule has 1 saturated heterocycles. The average Bonchev–Trinajstić information content (AvgIpc) is 3.56. The Morgan fingerprint density at radius 3 is 1.56 bits per heavy atom. The van der Waals surface area contributed by atoms with E-state index in [0.29, 0.717) is 38.6 Å². The third-order valence-corrected chi connectivity index (χ3v) is 20.8. The lowest BCUT2D eigenvalue weighted by Gasteiger charge is -2.36. The van der Waals surface area contributed by atoms with Gasteiger partial charge >= 0.3 is 17.1 Å². The Morgan fingerprint density at radius 1 is 0.630 bits per heavy atom. The second-order valence-electron chi connectivity index (χ2n) is 17.2. The van der Waals surface area contributed by atoms with Gasteiger partial charge in [-0.05, 0) is 91.6 Å². The fourth-order valence-electron chi connectivity index (χ4n) is 6.80. The number of aliphatic hydroxyl groups is 3. The maximum absolute atomic E-state index is 9.87. The predicted octanol–water partition coefficient (Wildman–Crippen LogP) is 7.94. The SMILES string of the molecule is CCCCCCCCC1(OCC(C)CO[Si](CCCS)(CCC(C)CO[Si](CCCS)(CCC(C)CO)OCC(C)CO)OCC(C)CO)OCC(C)[SiH2]1. The summed E-state index contributed by atoms with van der Waals surface area (Å²) in [6.45, 7) is 19.0. The highest BCUT2D eigenvalue weighted by Gasteiger charge is 2.42. The molecule has 0 radical (unpaired) electrons. The molecule has 0 aliphatic carbocycles. The summed E-state index contributed by atoms with van der Waals surface area (Å²) in [6, 6.07) is 3.35. The second kappa shape index (κ2) is 30.9. The average molecular weight is 860 g/mol. The van der Waals surface area contributed by atoms with Crippen LogP contribution >= 0.6 is 25.3 Å². The van der Waals surface area contributed by atoms with E-state index in [1.54, 1.807) is 0 Å². The highest BCUT2D eigenvalue weighted by atomic mass is 32.1. The number of rotatable bonds is 37. The van der Waals surface area contributed by atoms with Crippen molar-refractivity contribution in [3.05, 3.63) is 0 Å². The van der Waals surface area contributed by atoms with Crippen LogP contribution < -0.4 is 0 Å². The third-order valence-electron chi connectivity index (χ3n) is 10.8. The first-order valence-corrected chi connectivity index (χ1v) is 29.0. The topological polar surface area (TPSA) is 116 Å². The van der Waals surface area contributed by atoms with Gasteiger partial charge in [0.2, 0.25) is 0 Å². The van der Waals surface area contributed by atoms with Crippen LogP contribution in [0.3, 0.4) is 0 Å². The molecule has 9 unspecified atom stereocenters. The van der Waals surface area contributed by atoms with Crippen LogP contribution in [0.2, 0.25) is 29.7 Å². The molecule has 0 aromatic heterocycles. The minimum Gasteiger partial charge on any atom is -0.396 e.